The maximum Gasteiger partial charge on any atom is 0.305 e. The van der Waals surface area contributed by atoms with Crippen molar-refractivity contribution in [3.8, 4) is 0 Å². The Bertz CT molecular complexity index is 155. The van der Waals surface area contributed by atoms with Gasteiger partial charge in [0, 0.05) is 6.42 Å². The normalized spacial score (nSPS) is 12.5. The Morgan fingerprint density at radius 2 is 1.80 bits per heavy atom. The third-order valence-electron chi connectivity index (χ3n) is 2.60. The lowest BCUT2D eigenvalue weighted by Crippen LogP contribution is -2.06. The fourth-order valence-electron chi connectivity index (χ4n) is 1.58. The summed E-state index contributed by atoms with van der Waals surface area (Å²) >= 11 is 0. The molecule has 0 fully saturated rings. The van der Waals surface area contributed by atoms with Crippen LogP contribution in [0.3, 0.4) is 0 Å². The molecule has 1 unspecified atom stereocenters. The molecule has 0 rings (SSSR count). The highest BCUT2D eigenvalue weighted by molar-refractivity contribution is 5.69. The van der Waals surface area contributed by atoms with Gasteiger partial charge in [0.1, 0.15) is 0 Å². The zero-order valence-corrected chi connectivity index (χ0v) is 10.6. The van der Waals surface area contributed by atoms with E-state index in [-0.39, 0.29) is 5.97 Å². The highest BCUT2D eigenvalue weighted by atomic mass is 16.5. The molecule has 0 saturated heterocycles. The van der Waals surface area contributed by atoms with Gasteiger partial charge in [-0.1, -0.05) is 46.5 Å². The molecule has 0 aromatic carbocycles. The van der Waals surface area contributed by atoms with Gasteiger partial charge in [0.05, 0.1) is 6.61 Å². The van der Waals surface area contributed by atoms with E-state index >= 15 is 0 Å². The number of ether oxygens (including phenoxy) is 1. The summed E-state index contributed by atoms with van der Waals surface area (Å²) in [4.78, 5) is 11.2. The van der Waals surface area contributed by atoms with E-state index in [0.717, 1.165) is 25.2 Å². The van der Waals surface area contributed by atoms with Crippen LogP contribution in [-0.2, 0) is 9.53 Å². The molecule has 0 amide bonds. The van der Waals surface area contributed by atoms with Crippen molar-refractivity contribution in [1.29, 1.82) is 0 Å². The van der Waals surface area contributed by atoms with Crippen molar-refractivity contribution < 1.29 is 9.53 Å². The summed E-state index contributed by atoms with van der Waals surface area (Å²) in [6, 6.07) is 0. The van der Waals surface area contributed by atoms with E-state index in [4.69, 9.17) is 4.74 Å². The van der Waals surface area contributed by atoms with Gasteiger partial charge in [0.2, 0.25) is 0 Å². The number of hydrogen-bond donors (Lipinski definition) is 0. The van der Waals surface area contributed by atoms with Crippen LogP contribution in [-0.4, -0.2) is 12.6 Å². The van der Waals surface area contributed by atoms with Gasteiger partial charge in [-0.15, -0.1) is 0 Å². The van der Waals surface area contributed by atoms with E-state index in [9.17, 15) is 4.79 Å². The van der Waals surface area contributed by atoms with Crippen LogP contribution < -0.4 is 0 Å². The molecule has 2 nitrogen and oxygen atoms in total. The van der Waals surface area contributed by atoms with Gasteiger partial charge in [0.15, 0.2) is 0 Å². The molecule has 0 aromatic heterocycles. The molecule has 0 aliphatic rings. The van der Waals surface area contributed by atoms with Gasteiger partial charge >= 0.3 is 5.97 Å². The maximum atomic E-state index is 11.2. The molecule has 90 valence electrons. The summed E-state index contributed by atoms with van der Waals surface area (Å²) in [6.07, 6.45) is 7.51. The third kappa shape index (κ3) is 9.77. The molecule has 0 aromatic rings. The van der Waals surface area contributed by atoms with Crippen LogP contribution in [0.25, 0.3) is 0 Å². The van der Waals surface area contributed by atoms with Gasteiger partial charge < -0.3 is 4.74 Å². The van der Waals surface area contributed by atoms with E-state index in [1.807, 2.05) is 6.92 Å². The molecule has 0 N–H and O–H groups in total. The van der Waals surface area contributed by atoms with E-state index in [0.29, 0.717) is 13.0 Å². The predicted octanol–water partition coefficient (Wildman–Crippen LogP) is 3.94. The van der Waals surface area contributed by atoms with Gasteiger partial charge in [-0.3, -0.25) is 4.79 Å². The summed E-state index contributed by atoms with van der Waals surface area (Å²) < 4.78 is 5.02. The van der Waals surface area contributed by atoms with Crippen molar-refractivity contribution in [2.75, 3.05) is 6.61 Å². The largest absolute Gasteiger partial charge is 0.466 e. The minimum atomic E-state index is -0.0282. The maximum absolute atomic E-state index is 11.2. The monoisotopic (exact) mass is 214 g/mol. The van der Waals surface area contributed by atoms with Gasteiger partial charge in [0.25, 0.3) is 0 Å². The number of rotatable bonds is 9. The van der Waals surface area contributed by atoms with Gasteiger partial charge in [-0.25, -0.2) is 0 Å². The molecule has 0 radical (unpaired) electrons. The number of esters is 1. The van der Waals surface area contributed by atoms with Crippen molar-refractivity contribution in [2.45, 2.75) is 65.7 Å². The minimum Gasteiger partial charge on any atom is -0.466 e. The Morgan fingerprint density at radius 3 is 2.40 bits per heavy atom. The first-order valence-corrected chi connectivity index (χ1v) is 6.36. The SMILES string of the molecule is CCCCC(C)CCCC(=O)OCCC. The second-order valence-electron chi connectivity index (χ2n) is 4.36. The van der Waals surface area contributed by atoms with Crippen LogP contribution in [0.1, 0.15) is 65.7 Å². The molecule has 0 heterocycles. The molecule has 0 aliphatic heterocycles. The molecule has 0 bridgehead atoms. The molecule has 2 heteroatoms. The summed E-state index contributed by atoms with van der Waals surface area (Å²) in [5.74, 6) is 0.725. The van der Waals surface area contributed by atoms with Gasteiger partial charge in [-0.2, -0.15) is 0 Å². The number of carbonyl (C=O) groups is 1. The highest BCUT2D eigenvalue weighted by Crippen LogP contribution is 2.15. The molecule has 1 atom stereocenters. The second-order valence-corrected chi connectivity index (χ2v) is 4.36. The Labute approximate surface area is 94.4 Å². The minimum absolute atomic E-state index is 0.0282. The van der Waals surface area contributed by atoms with Gasteiger partial charge in [-0.05, 0) is 18.8 Å². The second kappa shape index (κ2) is 10.0. The predicted molar refractivity (Wildman–Crippen MR) is 63.8 cm³/mol. The van der Waals surface area contributed by atoms with Crippen molar-refractivity contribution in [2.24, 2.45) is 5.92 Å². The topological polar surface area (TPSA) is 26.3 Å². The van der Waals surface area contributed by atoms with Crippen molar-refractivity contribution in [1.82, 2.24) is 0 Å². The van der Waals surface area contributed by atoms with Crippen LogP contribution in [0.2, 0.25) is 0 Å². The number of hydrogen-bond acceptors (Lipinski definition) is 2. The highest BCUT2D eigenvalue weighted by Gasteiger charge is 2.05. The third-order valence-corrected chi connectivity index (χ3v) is 2.60. The Kier molecular flexibility index (Phi) is 9.65. The van der Waals surface area contributed by atoms with Crippen molar-refractivity contribution in [3.05, 3.63) is 0 Å². The molecular formula is C13H26O2. The summed E-state index contributed by atoms with van der Waals surface area (Å²) in [7, 11) is 0. The summed E-state index contributed by atoms with van der Waals surface area (Å²) in [5, 5.41) is 0. The Hall–Kier alpha value is -0.530. The van der Waals surface area contributed by atoms with Crippen LogP contribution in [0, 0.1) is 5.92 Å². The molecular weight excluding hydrogens is 188 g/mol. The molecule has 15 heavy (non-hydrogen) atoms. The fourth-order valence-corrected chi connectivity index (χ4v) is 1.58. The van der Waals surface area contributed by atoms with Crippen LogP contribution >= 0.6 is 0 Å². The lowest BCUT2D eigenvalue weighted by Gasteiger charge is -2.09. The van der Waals surface area contributed by atoms with Crippen LogP contribution in [0.15, 0.2) is 0 Å². The molecule has 0 saturated carbocycles. The lowest BCUT2D eigenvalue weighted by atomic mass is 9.98. The van der Waals surface area contributed by atoms with E-state index < -0.39 is 0 Å². The summed E-state index contributed by atoms with van der Waals surface area (Å²) in [5.41, 5.74) is 0. The zero-order valence-electron chi connectivity index (χ0n) is 10.6. The van der Waals surface area contributed by atoms with E-state index in [1.54, 1.807) is 0 Å². The first-order valence-electron chi connectivity index (χ1n) is 6.36. The van der Waals surface area contributed by atoms with E-state index in [2.05, 4.69) is 13.8 Å². The fraction of sp³-hybridized carbons (Fsp3) is 0.923. The van der Waals surface area contributed by atoms with E-state index in [1.165, 1.54) is 19.3 Å². The first-order chi connectivity index (χ1) is 7.20. The quantitative estimate of drug-likeness (QED) is 0.543. The molecule has 0 spiro atoms. The van der Waals surface area contributed by atoms with Crippen molar-refractivity contribution >= 4 is 5.97 Å². The smallest absolute Gasteiger partial charge is 0.305 e. The number of carbonyl (C=O) groups excluding carboxylic acids is 1. The Morgan fingerprint density at radius 1 is 1.13 bits per heavy atom. The lowest BCUT2D eigenvalue weighted by molar-refractivity contribution is -0.143. The average molecular weight is 214 g/mol. The summed E-state index contributed by atoms with van der Waals surface area (Å²) in [6.45, 7) is 7.08. The van der Waals surface area contributed by atoms with Crippen LogP contribution in [0.5, 0.6) is 0 Å². The Balaban J connectivity index is 3.31. The van der Waals surface area contributed by atoms with Crippen LogP contribution in [0.4, 0.5) is 0 Å². The molecule has 0 aliphatic carbocycles. The number of unbranched alkanes of at least 4 members (excludes halogenated alkanes) is 1. The average Bonchev–Trinajstić information content (AvgIpc) is 2.23. The standard InChI is InChI=1S/C13H26O2/c1-4-6-8-12(3)9-7-10-13(14)15-11-5-2/h12H,4-11H2,1-3H3. The zero-order chi connectivity index (χ0) is 11.5. The van der Waals surface area contributed by atoms with Crippen molar-refractivity contribution in [3.63, 3.8) is 0 Å². The first kappa shape index (κ1) is 14.5.